The quantitative estimate of drug-likeness (QED) is 0.257. The van der Waals surface area contributed by atoms with Crippen LogP contribution in [0.5, 0.6) is 0 Å². The van der Waals surface area contributed by atoms with Crippen LogP contribution in [0.15, 0.2) is 35.5 Å². The molecule has 0 amide bonds. The van der Waals surface area contributed by atoms with Crippen LogP contribution in [0, 0.1) is 5.92 Å². The molecule has 0 heterocycles. The van der Waals surface area contributed by atoms with Gasteiger partial charge in [-0.2, -0.15) is 0 Å². The maximum absolute atomic E-state index is 8.64. The van der Waals surface area contributed by atoms with Crippen molar-refractivity contribution < 1.29 is 5.21 Å². The van der Waals surface area contributed by atoms with Crippen molar-refractivity contribution in [3.8, 4) is 0 Å². The minimum absolute atomic E-state index is 0.0698. The molecule has 4 N–H and O–H groups in total. The summed E-state index contributed by atoms with van der Waals surface area (Å²) in [5.74, 6) is 0.788. The summed E-state index contributed by atoms with van der Waals surface area (Å²) in [4.78, 5) is 0. The van der Waals surface area contributed by atoms with Crippen molar-refractivity contribution in [1.82, 2.24) is 5.32 Å². The topological polar surface area (TPSA) is 70.6 Å². The number of rotatable bonds is 5. The standard InChI is InChI=1S/C15H20ClN3O/c16-14-8-12(15(17)19-20)6-7-13(14)10-18-9-11-4-2-1-3-5-11/h1-2,6-8,11,18,20H,3-5,9-10H2,(H2,17,19). The van der Waals surface area contributed by atoms with Crippen LogP contribution in [0.4, 0.5) is 0 Å². The fourth-order valence-electron chi connectivity index (χ4n) is 2.36. The van der Waals surface area contributed by atoms with Gasteiger partial charge < -0.3 is 16.3 Å². The number of oxime groups is 1. The van der Waals surface area contributed by atoms with Gasteiger partial charge >= 0.3 is 0 Å². The van der Waals surface area contributed by atoms with E-state index >= 15 is 0 Å². The first kappa shape index (κ1) is 14.9. The zero-order chi connectivity index (χ0) is 14.4. The molecule has 2 rings (SSSR count). The molecule has 0 fully saturated rings. The lowest BCUT2D eigenvalue weighted by atomic mass is 9.94. The third kappa shape index (κ3) is 3.99. The molecule has 0 saturated heterocycles. The smallest absolute Gasteiger partial charge is 0.170 e. The molecule has 0 bridgehead atoms. The lowest BCUT2D eigenvalue weighted by molar-refractivity contribution is 0.318. The van der Waals surface area contributed by atoms with E-state index in [0.717, 1.165) is 31.0 Å². The molecular weight excluding hydrogens is 274 g/mol. The fourth-order valence-corrected chi connectivity index (χ4v) is 2.61. The van der Waals surface area contributed by atoms with Crippen molar-refractivity contribution in [1.29, 1.82) is 0 Å². The number of halogens is 1. The Morgan fingerprint density at radius 1 is 1.45 bits per heavy atom. The maximum atomic E-state index is 8.64. The summed E-state index contributed by atoms with van der Waals surface area (Å²) < 4.78 is 0. The zero-order valence-corrected chi connectivity index (χ0v) is 12.1. The zero-order valence-electron chi connectivity index (χ0n) is 11.3. The Bertz CT molecular complexity index is 514. The number of nitrogens with one attached hydrogen (secondary N) is 1. The number of benzene rings is 1. The van der Waals surface area contributed by atoms with Crippen LogP contribution in [0.25, 0.3) is 0 Å². The van der Waals surface area contributed by atoms with Gasteiger partial charge in [-0.3, -0.25) is 0 Å². The van der Waals surface area contributed by atoms with Gasteiger partial charge in [0.2, 0.25) is 0 Å². The van der Waals surface area contributed by atoms with Crippen LogP contribution in [0.1, 0.15) is 30.4 Å². The van der Waals surface area contributed by atoms with Gasteiger partial charge in [0.05, 0.1) is 0 Å². The average molecular weight is 294 g/mol. The first-order chi connectivity index (χ1) is 9.70. The maximum Gasteiger partial charge on any atom is 0.170 e. The molecule has 0 spiro atoms. The first-order valence-corrected chi connectivity index (χ1v) is 7.20. The molecule has 0 radical (unpaired) electrons. The second-order valence-corrected chi connectivity index (χ2v) is 5.48. The molecule has 1 aliphatic rings. The van der Waals surface area contributed by atoms with Gasteiger partial charge in [0.15, 0.2) is 5.84 Å². The highest BCUT2D eigenvalue weighted by Crippen LogP contribution is 2.19. The van der Waals surface area contributed by atoms with Gasteiger partial charge in [0.1, 0.15) is 0 Å². The predicted molar refractivity (Wildman–Crippen MR) is 82.2 cm³/mol. The van der Waals surface area contributed by atoms with Crippen LogP contribution in [0.2, 0.25) is 5.02 Å². The summed E-state index contributed by atoms with van der Waals surface area (Å²) in [7, 11) is 0. The largest absolute Gasteiger partial charge is 0.409 e. The van der Waals surface area contributed by atoms with E-state index in [4.69, 9.17) is 22.5 Å². The Labute approximate surface area is 124 Å². The SMILES string of the molecule is N/C(=N/O)c1ccc(CNCC2CC=CCC2)c(Cl)c1. The van der Waals surface area contributed by atoms with Gasteiger partial charge in [-0.25, -0.2) is 0 Å². The van der Waals surface area contributed by atoms with Gasteiger partial charge in [-0.05, 0) is 43.4 Å². The first-order valence-electron chi connectivity index (χ1n) is 6.82. The van der Waals surface area contributed by atoms with E-state index in [1.54, 1.807) is 12.1 Å². The summed E-state index contributed by atoms with van der Waals surface area (Å²) in [6, 6.07) is 5.43. The number of nitrogens with zero attached hydrogens (tertiary/aromatic N) is 1. The third-order valence-electron chi connectivity index (χ3n) is 3.58. The molecule has 20 heavy (non-hydrogen) atoms. The molecule has 0 saturated carbocycles. The highest BCUT2D eigenvalue weighted by atomic mass is 35.5. The van der Waals surface area contributed by atoms with Crippen molar-refractivity contribution in [2.75, 3.05) is 6.54 Å². The second kappa shape index (κ2) is 7.31. The summed E-state index contributed by atoms with van der Waals surface area (Å²) in [6.45, 7) is 1.73. The number of allylic oxidation sites excluding steroid dienone is 2. The molecule has 0 aromatic heterocycles. The van der Waals surface area contributed by atoms with E-state index in [1.807, 2.05) is 6.07 Å². The Hall–Kier alpha value is -1.52. The fraction of sp³-hybridized carbons (Fsp3) is 0.400. The van der Waals surface area contributed by atoms with Crippen molar-refractivity contribution in [3.05, 3.63) is 46.5 Å². The average Bonchev–Trinajstić information content (AvgIpc) is 2.49. The van der Waals surface area contributed by atoms with E-state index in [-0.39, 0.29) is 5.84 Å². The van der Waals surface area contributed by atoms with Gasteiger partial charge in [-0.15, -0.1) is 0 Å². The molecule has 1 aliphatic carbocycles. The third-order valence-corrected chi connectivity index (χ3v) is 3.93. The van der Waals surface area contributed by atoms with Crippen LogP contribution in [-0.4, -0.2) is 17.6 Å². The lowest BCUT2D eigenvalue weighted by Gasteiger charge is -2.18. The predicted octanol–water partition coefficient (Wildman–Crippen LogP) is 2.88. The Kier molecular flexibility index (Phi) is 5.44. The lowest BCUT2D eigenvalue weighted by Crippen LogP contribution is -2.23. The van der Waals surface area contributed by atoms with E-state index in [9.17, 15) is 0 Å². The normalized spacial score (nSPS) is 19.2. The number of hydrogen-bond donors (Lipinski definition) is 3. The monoisotopic (exact) mass is 293 g/mol. The molecule has 108 valence electrons. The van der Waals surface area contributed by atoms with Crippen molar-refractivity contribution in [2.45, 2.75) is 25.8 Å². The van der Waals surface area contributed by atoms with Crippen LogP contribution >= 0.6 is 11.6 Å². The molecule has 1 aromatic rings. The minimum Gasteiger partial charge on any atom is -0.409 e. The molecule has 5 heteroatoms. The van der Waals surface area contributed by atoms with E-state index in [2.05, 4.69) is 22.6 Å². The number of hydrogen-bond acceptors (Lipinski definition) is 3. The van der Waals surface area contributed by atoms with E-state index in [0.29, 0.717) is 10.6 Å². The van der Waals surface area contributed by atoms with Crippen LogP contribution in [0.3, 0.4) is 0 Å². The van der Waals surface area contributed by atoms with Crippen molar-refractivity contribution in [3.63, 3.8) is 0 Å². The molecular formula is C15H20ClN3O. The number of amidine groups is 1. The summed E-state index contributed by atoms with van der Waals surface area (Å²) in [5, 5.41) is 15.7. The van der Waals surface area contributed by atoms with Crippen molar-refractivity contribution in [2.24, 2.45) is 16.8 Å². The Morgan fingerprint density at radius 3 is 2.95 bits per heavy atom. The van der Waals surface area contributed by atoms with E-state index < -0.39 is 0 Å². The van der Waals surface area contributed by atoms with Gasteiger partial charge in [0, 0.05) is 17.1 Å². The molecule has 1 atom stereocenters. The second-order valence-electron chi connectivity index (χ2n) is 5.07. The number of nitrogens with two attached hydrogens (primary N) is 1. The molecule has 1 unspecified atom stereocenters. The molecule has 4 nitrogen and oxygen atoms in total. The minimum atomic E-state index is 0.0698. The summed E-state index contributed by atoms with van der Waals surface area (Å²) in [6.07, 6.45) is 8.10. The summed E-state index contributed by atoms with van der Waals surface area (Å²) in [5.41, 5.74) is 7.17. The molecule has 1 aromatic carbocycles. The Morgan fingerprint density at radius 2 is 2.30 bits per heavy atom. The Balaban J connectivity index is 1.88. The van der Waals surface area contributed by atoms with Crippen molar-refractivity contribution >= 4 is 17.4 Å². The van der Waals surface area contributed by atoms with E-state index in [1.165, 1.54) is 12.8 Å². The molecule has 0 aliphatic heterocycles. The van der Waals surface area contributed by atoms with Gasteiger partial charge in [-0.1, -0.05) is 41.0 Å². The highest BCUT2D eigenvalue weighted by Gasteiger charge is 2.10. The van der Waals surface area contributed by atoms with Gasteiger partial charge in [0.25, 0.3) is 0 Å². The highest BCUT2D eigenvalue weighted by molar-refractivity contribution is 6.31. The van der Waals surface area contributed by atoms with Crippen LogP contribution in [-0.2, 0) is 6.54 Å². The van der Waals surface area contributed by atoms with Crippen LogP contribution < -0.4 is 11.1 Å². The summed E-state index contributed by atoms with van der Waals surface area (Å²) >= 11 is 6.21.